The molecule has 4 aromatic heterocycles. The van der Waals surface area contributed by atoms with Gasteiger partial charge in [-0.3, -0.25) is 27.2 Å². The maximum atomic E-state index is 13.3. The van der Waals surface area contributed by atoms with Gasteiger partial charge in [0.05, 0.1) is 25.9 Å². The molecule has 5 unspecified atom stereocenters. The minimum absolute atomic E-state index is 0.0379. The highest BCUT2D eigenvalue weighted by Gasteiger charge is 2.53. The number of imidazole rings is 2. The van der Waals surface area contributed by atoms with Crippen LogP contribution >= 0.6 is 15.6 Å². The van der Waals surface area contributed by atoms with E-state index in [1.165, 1.54) is 28.7 Å². The quantitative estimate of drug-likeness (QED) is 0.153. The average molecular weight is 670 g/mol. The second-order valence-electron chi connectivity index (χ2n) is 10.8. The number of phosphoric acid groups is 2. The van der Waals surface area contributed by atoms with E-state index >= 15 is 0 Å². The third-order valence-corrected chi connectivity index (χ3v) is 9.83. The SMILES string of the molecule is CC12CC(n3cnc4c(N)nc(N)nc43)O[C@@H]1COP(=O)(O)O[C@H]1CC(n3cnc4c(N)nc(N)nc43)O[C@@H]1COP(=O)(O)O2. The third-order valence-electron chi connectivity index (χ3n) is 7.70. The molecule has 22 nitrogen and oxygen atoms in total. The molecule has 4 aromatic rings. The molecule has 3 fully saturated rings. The Kier molecular flexibility index (Phi) is 7.02. The van der Waals surface area contributed by atoms with Gasteiger partial charge in [0.2, 0.25) is 11.9 Å². The number of nitrogens with zero attached hydrogens (tertiary/aromatic N) is 8. The Morgan fingerprint density at radius 3 is 2.02 bits per heavy atom. The van der Waals surface area contributed by atoms with Gasteiger partial charge in [0.25, 0.3) is 0 Å². The lowest BCUT2D eigenvalue weighted by molar-refractivity contribution is -0.0873. The smallest absolute Gasteiger partial charge is 0.382 e. The molecule has 0 aromatic carbocycles. The van der Waals surface area contributed by atoms with Gasteiger partial charge in [0.1, 0.15) is 47.4 Å². The summed E-state index contributed by atoms with van der Waals surface area (Å²) < 4.78 is 63.3. The molecular formula is C21H28N12O10P2. The lowest BCUT2D eigenvalue weighted by Gasteiger charge is -2.32. The molecule has 45 heavy (non-hydrogen) atoms. The molecule has 0 aliphatic carbocycles. The van der Waals surface area contributed by atoms with Crippen molar-refractivity contribution < 1.29 is 46.5 Å². The average Bonchev–Trinajstić information content (AvgIpc) is 3.70. The number of ether oxygens (including phenoxy) is 2. The van der Waals surface area contributed by atoms with Gasteiger partial charge in [-0.15, -0.1) is 0 Å². The van der Waals surface area contributed by atoms with Crippen LogP contribution in [-0.4, -0.2) is 86.0 Å². The maximum absolute atomic E-state index is 13.3. The van der Waals surface area contributed by atoms with Crippen molar-refractivity contribution >= 4 is 61.5 Å². The molecule has 0 radical (unpaired) electrons. The van der Waals surface area contributed by atoms with Gasteiger partial charge in [0, 0.05) is 12.8 Å². The van der Waals surface area contributed by atoms with Crippen LogP contribution in [0.1, 0.15) is 32.2 Å². The van der Waals surface area contributed by atoms with E-state index < -0.39 is 65.2 Å². The second-order valence-corrected chi connectivity index (χ2v) is 13.6. The van der Waals surface area contributed by atoms with Crippen molar-refractivity contribution in [3.8, 4) is 0 Å². The van der Waals surface area contributed by atoms with Crippen LogP contribution < -0.4 is 22.9 Å². The Labute approximate surface area is 252 Å². The van der Waals surface area contributed by atoms with E-state index in [2.05, 4.69) is 29.9 Å². The lowest BCUT2D eigenvalue weighted by atomic mass is 9.98. The first-order valence-corrected chi connectivity index (χ1v) is 16.4. The summed E-state index contributed by atoms with van der Waals surface area (Å²) in [6, 6.07) is 0. The Morgan fingerprint density at radius 1 is 0.822 bits per heavy atom. The summed E-state index contributed by atoms with van der Waals surface area (Å²) in [5.74, 6) is -0.140. The molecule has 7 heterocycles. The van der Waals surface area contributed by atoms with Crippen molar-refractivity contribution in [1.82, 2.24) is 39.0 Å². The molecule has 0 spiro atoms. The van der Waals surface area contributed by atoms with E-state index in [9.17, 15) is 18.9 Å². The molecule has 7 rings (SSSR count). The van der Waals surface area contributed by atoms with Crippen LogP contribution in [0, 0.1) is 0 Å². The third kappa shape index (κ3) is 5.48. The fourth-order valence-electron chi connectivity index (χ4n) is 5.62. The largest absolute Gasteiger partial charge is 0.472 e. The predicted octanol–water partition coefficient (Wildman–Crippen LogP) is -0.0219. The summed E-state index contributed by atoms with van der Waals surface area (Å²) in [6.45, 7) is 0.302. The summed E-state index contributed by atoms with van der Waals surface area (Å²) in [4.78, 5) is 46.0. The molecular weight excluding hydrogens is 642 g/mol. The first kappa shape index (κ1) is 30.1. The number of nitrogen functional groups attached to an aromatic ring is 4. The summed E-state index contributed by atoms with van der Waals surface area (Å²) in [7, 11) is -9.61. The van der Waals surface area contributed by atoms with Crippen LogP contribution in [0.15, 0.2) is 12.7 Å². The van der Waals surface area contributed by atoms with E-state index in [4.69, 9.17) is 50.5 Å². The summed E-state index contributed by atoms with van der Waals surface area (Å²) in [5.41, 5.74) is 22.7. The highest BCUT2D eigenvalue weighted by Crippen LogP contribution is 2.56. The van der Waals surface area contributed by atoms with Gasteiger partial charge < -0.3 is 42.2 Å². The van der Waals surface area contributed by atoms with Gasteiger partial charge in [-0.1, -0.05) is 0 Å². The Morgan fingerprint density at radius 2 is 1.40 bits per heavy atom. The molecule has 3 aliphatic rings. The van der Waals surface area contributed by atoms with Crippen LogP contribution in [0.3, 0.4) is 0 Å². The van der Waals surface area contributed by atoms with Crippen molar-refractivity contribution in [2.75, 3.05) is 36.1 Å². The van der Waals surface area contributed by atoms with E-state index in [1.807, 2.05) is 0 Å². The predicted molar refractivity (Wildman–Crippen MR) is 151 cm³/mol. The monoisotopic (exact) mass is 670 g/mol. The highest BCUT2D eigenvalue weighted by molar-refractivity contribution is 7.47. The van der Waals surface area contributed by atoms with E-state index in [0.717, 1.165) is 0 Å². The zero-order valence-electron chi connectivity index (χ0n) is 23.3. The number of rotatable bonds is 2. The van der Waals surface area contributed by atoms with Crippen molar-refractivity contribution in [2.45, 2.75) is 56.1 Å². The van der Waals surface area contributed by atoms with Crippen LogP contribution in [0.5, 0.6) is 0 Å². The molecule has 3 aliphatic heterocycles. The topological polar surface area (TPSA) is 321 Å². The molecule has 8 atom stereocenters. The number of hydrogen-bond donors (Lipinski definition) is 6. The molecule has 3 saturated heterocycles. The fraction of sp³-hybridized carbons (Fsp3) is 0.524. The van der Waals surface area contributed by atoms with Gasteiger partial charge in [-0.05, 0) is 6.92 Å². The number of phosphoric ester groups is 2. The Balaban J connectivity index is 1.15. The Bertz CT molecular complexity index is 1910. The van der Waals surface area contributed by atoms with Crippen molar-refractivity contribution in [3.05, 3.63) is 12.7 Å². The molecule has 0 amide bonds. The summed E-state index contributed by atoms with van der Waals surface area (Å²) in [6.07, 6.45) is -2.65. The molecule has 10 N–H and O–H groups in total. The summed E-state index contributed by atoms with van der Waals surface area (Å²) in [5, 5.41) is 0. The number of fused-ring (bicyclic) bond motifs is 4. The molecule has 24 heteroatoms. The minimum atomic E-state index is -4.82. The van der Waals surface area contributed by atoms with Crippen molar-refractivity contribution in [1.29, 1.82) is 0 Å². The highest BCUT2D eigenvalue weighted by atomic mass is 31.2. The minimum Gasteiger partial charge on any atom is -0.382 e. The van der Waals surface area contributed by atoms with Crippen LogP contribution in [-0.2, 0) is 36.7 Å². The van der Waals surface area contributed by atoms with Crippen molar-refractivity contribution in [2.24, 2.45) is 0 Å². The van der Waals surface area contributed by atoms with Crippen LogP contribution in [0.4, 0.5) is 23.5 Å². The van der Waals surface area contributed by atoms with Crippen LogP contribution in [0.2, 0.25) is 0 Å². The number of anilines is 4. The fourth-order valence-corrected chi connectivity index (χ4v) is 7.68. The van der Waals surface area contributed by atoms with E-state index in [1.54, 1.807) is 0 Å². The number of nitrogens with two attached hydrogens (primary N) is 4. The molecule has 242 valence electrons. The van der Waals surface area contributed by atoms with Crippen molar-refractivity contribution in [3.63, 3.8) is 0 Å². The standard InChI is InChI=1S/C21H28N12O10P2/c1-21-3-12(33-7-27-14-16(23)29-20(25)31-18(14)33)41-10(21)5-39-44(34,35)42-8-2-11(40-9(8)4-38-45(36,37)43-21)32-6-26-13-15(22)28-19(24)30-17(13)32/h6-12H,2-5H2,1H3,(H,34,35)(H,36,37)(H4,22,24,28,30)(H4,23,25,29,31)/t8-,9+,10+,11?,12?,21?/m0/s1. The zero-order valence-corrected chi connectivity index (χ0v) is 25.1. The summed E-state index contributed by atoms with van der Waals surface area (Å²) >= 11 is 0. The van der Waals surface area contributed by atoms with Gasteiger partial charge in [-0.2, -0.15) is 19.9 Å². The van der Waals surface area contributed by atoms with Gasteiger partial charge in [0.15, 0.2) is 22.9 Å². The second kappa shape index (κ2) is 10.5. The molecule has 0 saturated carbocycles. The Hall–Kier alpha value is -3.56. The number of aromatic nitrogens is 8. The normalized spacial score (nSPS) is 36.0. The van der Waals surface area contributed by atoms with Gasteiger partial charge >= 0.3 is 15.6 Å². The van der Waals surface area contributed by atoms with Crippen LogP contribution in [0.25, 0.3) is 22.3 Å². The van der Waals surface area contributed by atoms with E-state index in [0.29, 0.717) is 0 Å². The zero-order chi connectivity index (χ0) is 31.9. The first-order chi connectivity index (χ1) is 21.2. The number of hydrogen-bond acceptors (Lipinski definition) is 18. The first-order valence-electron chi connectivity index (χ1n) is 13.4. The van der Waals surface area contributed by atoms with Gasteiger partial charge in [-0.25, -0.2) is 19.1 Å². The lowest BCUT2D eigenvalue weighted by Crippen LogP contribution is -2.41. The molecule has 0 bridgehead atoms. The van der Waals surface area contributed by atoms with E-state index in [-0.39, 0.29) is 58.7 Å². The maximum Gasteiger partial charge on any atom is 0.472 e.